The molecule has 1 saturated carbocycles. The molecule has 1 aliphatic heterocycles. The number of hydrogen-bond donors (Lipinski definition) is 1. The molecule has 1 aromatic carbocycles. The van der Waals surface area contributed by atoms with Gasteiger partial charge in [0, 0.05) is 6.20 Å². The number of rotatable bonds is 8. The number of nitrogens with zero attached hydrogens (tertiary/aromatic N) is 2. The van der Waals surface area contributed by atoms with Crippen molar-refractivity contribution < 1.29 is 22.7 Å². The van der Waals surface area contributed by atoms with Gasteiger partial charge in [-0.3, -0.25) is 15.1 Å². The molecule has 8 nitrogen and oxygen atoms in total. The molecule has 1 aliphatic carbocycles. The van der Waals surface area contributed by atoms with E-state index in [0.717, 1.165) is 31.2 Å². The van der Waals surface area contributed by atoms with Gasteiger partial charge in [-0.05, 0) is 61.9 Å². The van der Waals surface area contributed by atoms with Gasteiger partial charge in [-0.2, -0.15) is 0 Å². The van der Waals surface area contributed by atoms with E-state index >= 15 is 0 Å². The average molecular weight is 444 g/mol. The van der Waals surface area contributed by atoms with Crippen molar-refractivity contribution in [3.63, 3.8) is 0 Å². The van der Waals surface area contributed by atoms with Crippen LogP contribution in [0, 0.1) is 0 Å². The van der Waals surface area contributed by atoms with E-state index in [1.807, 2.05) is 0 Å². The van der Waals surface area contributed by atoms with Crippen molar-refractivity contribution in [1.82, 2.24) is 15.2 Å². The van der Waals surface area contributed by atoms with Crippen LogP contribution in [-0.2, 0) is 27.6 Å². The lowest BCUT2D eigenvalue weighted by atomic mass is 10.2. The van der Waals surface area contributed by atoms with E-state index in [9.17, 15) is 18.0 Å². The van der Waals surface area contributed by atoms with Crippen LogP contribution in [-0.4, -0.2) is 48.6 Å². The van der Waals surface area contributed by atoms with Crippen molar-refractivity contribution in [3.05, 3.63) is 53.9 Å². The van der Waals surface area contributed by atoms with Gasteiger partial charge in [0.2, 0.25) is 5.91 Å². The van der Waals surface area contributed by atoms with Crippen LogP contribution in [0.25, 0.3) is 0 Å². The molecule has 0 atom stereocenters. The van der Waals surface area contributed by atoms with Gasteiger partial charge < -0.3 is 9.64 Å². The lowest BCUT2D eigenvalue weighted by Crippen LogP contribution is -2.28. The van der Waals surface area contributed by atoms with Gasteiger partial charge in [-0.15, -0.1) is 0 Å². The van der Waals surface area contributed by atoms with Crippen molar-refractivity contribution in [2.45, 2.75) is 49.6 Å². The number of ether oxygens (including phenoxy) is 1. The molecule has 2 heterocycles. The van der Waals surface area contributed by atoms with Gasteiger partial charge in [0.1, 0.15) is 12.3 Å². The number of carbonyl (C=O) groups excluding carboxylic acids is 2. The fourth-order valence-electron chi connectivity index (χ4n) is 3.81. The summed E-state index contributed by atoms with van der Waals surface area (Å²) in [6.45, 7) is 0.244. The number of hydrogen-bond acceptors (Lipinski definition) is 6. The van der Waals surface area contributed by atoms with Gasteiger partial charge in [0.05, 0.1) is 29.0 Å². The summed E-state index contributed by atoms with van der Waals surface area (Å²) in [6.07, 6.45) is 6.44. The Bertz CT molecular complexity index is 1060. The van der Waals surface area contributed by atoms with Gasteiger partial charge in [-0.25, -0.2) is 13.2 Å². The molecule has 4 rings (SSSR count). The Morgan fingerprint density at radius 3 is 2.61 bits per heavy atom. The summed E-state index contributed by atoms with van der Waals surface area (Å²) >= 11 is 0. The highest BCUT2D eigenvalue weighted by molar-refractivity contribution is 7.91. The normalized spacial score (nSPS) is 17.2. The standard InChI is InChI=1S/C22H25N3O5S/c26-21-15-25(22(27)24-21)14-17-9-8-16(13-23-17)10-11-31(28,29)20-7-3-6-19(12-20)30-18-4-1-2-5-18/h3,6-9,12-13,18H,1-2,4-5,10-11,14-15H2,(H,24,26,27). The van der Waals surface area contributed by atoms with Crippen LogP contribution in [0.4, 0.5) is 4.79 Å². The van der Waals surface area contributed by atoms with Gasteiger partial charge in [-0.1, -0.05) is 12.1 Å². The number of imide groups is 1. The van der Waals surface area contributed by atoms with Crippen molar-refractivity contribution in [1.29, 1.82) is 0 Å². The molecule has 1 N–H and O–H groups in total. The Kier molecular flexibility index (Phi) is 6.22. The molecule has 2 aliphatic rings. The molecule has 2 fully saturated rings. The first-order valence-corrected chi connectivity index (χ1v) is 12.1. The molecule has 0 bridgehead atoms. The largest absolute Gasteiger partial charge is 0.490 e. The first-order valence-electron chi connectivity index (χ1n) is 10.4. The molecule has 0 radical (unpaired) electrons. The number of sulfone groups is 1. The summed E-state index contributed by atoms with van der Waals surface area (Å²) in [5, 5.41) is 2.22. The molecule has 31 heavy (non-hydrogen) atoms. The van der Waals surface area contributed by atoms with Crippen molar-refractivity contribution in [3.8, 4) is 5.75 Å². The van der Waals surface area contributed by atoms with E-state index in [1.165, 1.54) is 4.90 Å². The van der Waals surface area contributed by atoms with E-state index < -0.39 is 15.9 Å². The number of urea groups is 1. The second kappa shape index (κ2) is 9.05. The summed E-state index contributed by atoms with van der Waals surface area (Å²) in [5.74, 6) is 0.234. The van der Waals surface area contributed by atoms with Crippen LogP contribution in [0.15, 0.2) is 47.5 Å². The zero-order valence-electron chi connectivity index (χ0n) is 17.1. The highest BCUT2D eigenvalue weighted by atomic mass is 32.2. The predicted octanol–water partition coefficient (Wildman–Crippen LogP) is 2.47. The fraction of sp³-hybridized carbons (Fsp3) is 0.409. The summed E-state index contributed by atoms with van der Waals surface area (Å²) in [4.78, 5) is 28.8. The SMILES string of the molecule is O=C1CN(Cc2ccc(CCS(=O)(=O)c3cccc(OC4CCCC4)c3)cn2)C(=O)N1. The lowest BCUT2D eigenvalue weighted by Gasteiger charge is -2.14. The van der Waals surface area contributed by atoms with Crippen LogP contribution < -0.4 is 10.1 Å². The van der Waals surface area contributed by atoms with Crippen molar-refractivity contribution in [2.75, 3.05) is 12.3 Å². The number of nitrogens with one attached hydrogen (secondary N) is 1. The van der Waals surface area contributed by atoms with Crippen LogP contribution in [0.3, 0.4) is 0 Å². The van der Waals surface area contributed by atoms with Crippen LogP contribution in [0.1, 0.15) is 36.9 Å². The molecule has 2 aromatic rings. The molecule has 164 valence electrons. The minimum absolute atomic E-state index is 0.0179. The maximum Gasteiger partial charge on any atom is 0.324 e. The second-order valence-corrected chi connectivity index (χ2v) is 10.0. The van der Waals surface area contributed by atoms with E-state index in [2.05, 4.69) is 10.3 Å². The van der Waals surface area contributed by atoms with Crippen LogP contribution in [0.2, 0.25) is 0 Å². The first kappa shape index (κ1) is 21.3. The Morgan fingerprint density at radius 1 is 1.13 bits per heavy atom. The summed E-state index contributed by atoms with van der Waals surface area (Å²) in [7, 11) is -3.46. The summed E-state index contributed by atoms with van der Waals surface area (Å²) in [6, 6.07) is 9.83. The third kappa shape index (κ3) is 5.41. The van der Waals surface area contributed by atoms with Gasteiger partial charge in [0.25, 0.3) is 0 Å². The second-order valence-electron chi connectivity index (χ2n) is 7.94. The number of aromatic nitrogens is 1. The molecule has 1 saturated heterocycles. The highest BCUT2D eigenvalue weighted by Crippen LogP contribution is 2.26. The van der Waals surface area contributed by atoms with E-state index in [1.54, 1.807) is 42.6 Å². The first-order chi connectivity index (χ1) is 14.9. The summed E-state index contributed by atoms with van der Waals surface area (Å²) < 4.78 is 31.5. The lowest BCUT2D eigenvalue weighted by molar-refractivity contribution is -0.118. The van der Waals surface area contributed by atoms with E-state index in [0.29, 0.717) is 17.9 Å². The third-order valence-corrected chi connectivity index (χ3v) is 7.25. The molecule has 9 heteroatoms. The molecule has 0 spiro atoms. The predicted molar refractivity (Wildman–Crippen MR) is 113 cm³/mol. The minimum atomic E-state index is -3.46. The Labute approximate surface area is 181 Å². The number of aryl methyl sites for hydroxylation is 1. The average Bonchev–Trinajstić information content (AvgIpc) is 3.37. The molecular weight excluding hydrogens is 418 g/mol. The summed E-state index contributed by atoms with van der Waals surface area (Å²) in [5.41, 5.74) is 1.42. The number of carbonyl (C=O) groups is 2. The van der Waals surface area contributed by atoms with Crippen LogP contribution >= 0.6 is 0 Å². The Hall–Kier alpha value is -2.94. The number of benzene rings is 1. The Balaban J connectivity index is 1.34. The van der Waals surface area contributed by atoms with Gasteiger partial charge >= 0.3 is 6.03 Å². The maximum atomic E-state index is 12.8. The quantitative estimate of drug-likeness (QED) is 0.629. The fourth-order valence-corrected chi connectivity index (χ4v) is 5.13. The monoisotopic (exact) mass is 443 g/mol. The molecular formula is C22H25N3O5S. The topological polar surface area (TPSA) is 106 Å². The molecule has 1 aromatic heterocycles. The zero-order chi connectivity index (χ0) is 21.8. The number of pyridine rings is 1. The van der Waals surface area contributed by atoms with E-state index in [4.69, 9.17) is 4.74 Å². The third-order valence-electron chi connectivity index (χ3n) is 5.54. The highest BCUT2D eigenvalue weighted by Gasteiger charge is 2.26. The van der Waals surface area contributed by atoms with Gasteiger partial charge in [0.15, 0.2) is 9.84 Å². The molecule has 0 unspecified atom stereocenters. The maximum absolute atomic E-state index is 12.8. The number of amides is 3. The minimum Gasteiger partial charge on any atom is -0.490 e. The van der Waals surface area contributed by atoms with Crippen LogP contribution in [0.5, 0.6) is 5.75 Å². The van der Waals surface area contributed by atoms with Crippen molar-refractivity contribution >= 4 is 21.8 Å². The Morgan fingerprint density at radius 2 is 1.94 bits per heavy atom. The van der Waals surface area contributed by atoms with Crippen molar-refractivity contribution in [2.24, 2.45) is 0 Å². The smallest absolute Gasteiger partial charge is 0.324 e. The zero-order valence-corrected chi connectivity index (χ0v) is 17.9. The molecule has 3 amide bonds. The van der Waals surface area contributed by atoms with E-state index in [-0.39, 0.29) is 35.7 Å².